The highest BCUT2D eigenvalue weighted by Crippen LogP contribution is 2.28. The maximum Gasteiger partial charge on any atom is 0.293 e. The van der Waals surface area contributed by atoms with Crippen LogP contribution in [0.3, 0.4) is 0 Å². The molecule has 0 unspecified atom stereocenters. The Hall–Kier alpha value is -1.99. The Kier molecular flexibility index (Phi) is 5.22. The third-order valence-corrected chi connectivity index (χ3v) is 2.44. The summed E-state index contributed by atoms with van der Waals surface area (Å²) in [6, 6.07) is 4.39. The molecule has 0 saturated heterocycles. The zero-order chi connectivity index (χ0) is 13.5. The lowest BCUT2D eigenvalue weighted by Crippen LogP contribution is -2.30. The molecule has 0 bridgehead atoms. The third-order valence-electron chi connectivity index (χ3n) is 2.44. The van der Waals surface area contributed by atoms with Crippen LogP contribution in [0.15, 0.2) is 18.2 Å². The van der Waals surface area contributed by atoms with Crippen molar-refractivity contribution in [2.75, 3.05) is 31.2 Å². The van der Waals surface area contributed by atoms with Crippen LogP contribution < -0.4 is 4.90 Å². The zero-order valence-electron chi connectivity index (χ0n) is 9.74. The smallest absolute Gasteiger partial charge is 0.293 e. The van der Waals surface area contributed by atoms with Crippen LogP contribution in [0, 0.1) is 15.5 Å². The van der Waals surface area contributed by atoms with Gasteiger partial charge in [-0.1, -0.05) is 6.07 Å². The fourth-order valence-electron chi connectivity index (χ4n) is 1.64. The van der Waals surface area contributed by atoms with Crippen LogP contribution >= 0.6 is 0 Å². The first kappa shape index (κ1) is 14.1. The van der Waals surface area contributed by atoms with Crippen molar-refractivity contribution < 1.29 is 15.1 Å². The minimum atomic E-state index is -0.538. The van der Waals surface area contributed by atoms with Crippen LogP contribution in [0.2, 0.25) is 0 Å². The van der Waals surface area contributed by atoms with E-state index in [-0.39, 0.29) is 32.0 Å². The monoisotopic (exact) mass is 253 g/mol. The molecule has 0 amide bonds. The first-order valence-electron chi connectivity index (χ1n) is 5.39. The maximum atomic E-state index is 11.0. The Morgan fingerprint density at radius 1 is 1.33 bits per heavy atom. The van der Waals surface area contributed by atoms with Gasteiger partial charge in [0.15, 0.2) is 0 Å². The number of benzene rings is 1. The van der Waals surface area contributed by atoms with Crippen molar-refractivity contribution in [2.24, 2.45) is 0 Å². The average Bonchev–Trinajstić information content (AvgIpc) is 2.37. The molecular formula is C11H15N3O4. The Bertz CT molecular complexity index is 430. The number of nitrogens with one attached hydrogen (secondary N) is 1. The molecule has 0 aliphatic carbocycles. The molecule has 0 heterocycles. The second-order valence-electron chi connectivity index (χ2n) is 3.58. The SMILES string of the molecule is N=Cc1ccc(N(CCO)CCO)c([N+](=O)[O-])c1. The van der Waals surface area contributed by atoms with Crippen molar-refractivity contribution in [3.63, 3.8) is 0 Å². The van der Waals surface area contributed by atoms with E-state index in [0.717, 1.165) is 6.21 Å². The van der Waals surface area contributed by atoms with Crippen molar-refractivity contribution in [3.8, 4) is 0 Å². The highest BCUT2D eigenvalue weighted by molar-refractivity contribution is 5.81. The fourth-order valence-corrected chi connectivity index (χ4v) is 1.64. The highest BCUT2D eigenvalue weighted by Gasteiger charge is 2.19. The number of nitro groups is 1. The van der Waals surface area contributed by atoms with Gasteiger partial charge >= 0.3 is 0 Å². The van der Waals surface area contributed by atoms with E-state index < -0.39 is 4.92 Å². The van der Waals surface area contributed by atoms with Crippen molar-refractivity contribution >= 4 is 17.6 Å². The van der Waals surface area contributed by atoms with Gasteiger partial charge in [-0.05, 0) is 11.6 Å². The summed E-state index contributed by atoms with van der Waals surface area (Å²) < 4.78 is 0. The fraction of sp³-hybridized carbons (Fsp3) is 0.364. The van der Waals surface area contributed by atoms with Gasteiger partial charge in [0.1, 0.15) is 5.69 Å². The molecule has 18 heavy (non-hydrogen) atoms. The van der Waals surface area contributed by atoms with Gasteiger partial charge in [0.2, 0.25) is 0 Å². The van der Waals surface area contributed by atoms with E-state index >= 15 is 0 Å². The van der Waals surface area contributed by atoms with Gasteiger partial charge < -0.3 is 20.5 Å². The molecule has 98 valence electrons. The molecule has 0 radical (unpaired) electrons. The number of aliphatic hydroxyl groups excluding tert-OH is 2. The highest BCUT2D eigenvalue weighted by atomic mass is 16.6. The van der Waals surface area contributed by atoms with E-state index in [2.05, 4.69) is 0 Å². The van der Waals surface area contributed by atoms with E-state index in [4.69, 9.17) is 15.6 Å². The normalized spacial score (nSPS) is 10.1. The number of hydrogen-bond acceptors (Lipinski definition) is 6. The topological polar surface area (TPSA) is 111 Å². The van der Waals surface area contributed by atoms with Gasteiger partial charge in [0.25, 0.3) is 5.69 Å². The van der Waals surface area contributed by atoms with Crippen LogP contribution in [-0.4, -0.2) is 47.7 Å². The Balaban J connectivity index is 3.18. The quantitative estimate of drug-likeness (QED) is 0.369. The van der Waals surface area contributed by atoms with Gasteiger partial charge in [-0.2, -0.15) is 0 Å². The predicted octanol–water partition coefficient (Wildman–Crippen LogP) is 0.383. The summed E-state index contributed by atoms with van der Waals surface area (Å²) in [7, 11) is 0. The Labute approximate surface area is 104 Å². The van der Waals surface area contributed by atoms with Crippen molar-refractivity contribution in [1.29, 1.82) is 5.41 Å². The number of hydrogen-bond donors (Lipinski definition) is 3. The Morgan fingerprint density at radius 3 is 2.39 bits per heavy atom. The minimum absolute atomic E-state index is 0.141. The van der Waals surface area contributed by atoms with Gasteiger partial charge in [-0.25, -0.2) is 0 Å². The van der Waals surface area contributed by atoms with Crippen molar-refractivity contribution in [3.05, 3.63) is 33.9 Å². The molecule has 7 nitrogen and oxygen atoms in total. The number of aliphatic hydroxyl groups is 2. The van der Waals surface area contributed by atoms with Gasteiger partial charge in [0, 0.05) is 25.4 Å². The second-order valence-corrected chi connectivity index (χ2v) is 3.58. The average molecular weight is 253 g/mol. The molecule has 0 fully saturated rings. The van der Waals surface area contributed by atoms with Gasteiger partial charge in [0.05, 0.1) is 18.1 Å². The first-order chi connectivity index (χ1) is 8.63. The summed E-state index contributed by atoms with van der Waals surface area (Å²) in [5, 5.41) is 35.9. The summed E-state index contributed by atoms with van der Waals surface area (Å²) in [5.74, 6) is 0. The Morgan fingerprint density at radius 2 is 1.94 bits per heavy atom. The molecule has 0 spiro atoms. The maximum absolute atomic E-state index is 11.0. The number of nitro benzene ring substituents is 1. The molecule has 3 N–H and O–H groups in total. The predicted molar refractivity (Wildman–Crippen MR) is 67.4 cm³/mol. The van der Waals surface area contributed by atoms with Crippen LogP contribution in [-0.2, 0) is 0 Å². The molecule has 0 aromatic heterocycles. The summed E-state index contributed by atoms with van der Waals surface area (Å²) in [4.78, 5) is 12.0. The van der Waals surface area contributed by atoms with Crippen LogP contribution in [0.25, 0.3) is 0 Å². The van der Waals surface area contributed by atoms with E-state index in [0.29, 0.717) is 11.3 Å². The molecule has 0 aliphatic rings. The third kappa shape index (κ3) is 3.25. The summed E-state index contributed by atoms with van der Waals surface area (Å²) >= 11 is 0. The van der Waals surface area contributed by atoms with Crippen LogP contribution in [0.4, 0.5) is 11.4 Å². The molecule has 7 heteroatoms. The lowest BCUT2D eigenvalue weighted by atomic mass is 10.1. The zero-order valence-corrected chi connectivity index (χ0v) is 9.74. The molecule has 1 aromatic rings. The lowest BCUT2D eigenvalue weighted by molar-refractivity contribution is -0.384. The largest absolute Gasteiger partial charge is 0.395 e. The first-order valence-corrected chi connectivity index (χ1v) is 5.39. The van der Waals surface area contributed by atoms with Crippen LogP contribution in [0.5, 0.6) is 0 Å². The van der Waals surface area contributed by atoms with E-state index in [9.17, 15) is 10.1 Å². The van der Waals surface area contributed by atoms with Crippen molar-refractivity contribution in [2.45, 2.75) is 0 Å². The van der Waals surface area contributed by atoms with E-state index in [1.165, 1.54) is 17.0 Å². The number of anilines is 1. The lowest BCUT2D eigenvalue weighted by Gasteiger charge is -2.22. The summed E-state index contributed by atoms with van der Waals surface area (Å²) in [6.07, 6.45) is 1.03. The van der Waals surface area contributed by atoms with Gasteiger partial charge in [-0.15, -0.1) is 0 Å². The van der Waals surface area contributed by atoms with Crippen molar-refractivity contribution in [1.82, 2.24) is 0 Å². The van der Waals surface area contributed by atoms with E-state index in [1.54, 1.807) is 6.07 Å². The molecule has 1 aromatic carbocycles. The minimum Gasteiger partial charge on any atom is -0.395 e. The standard InChI is InChI=1S/C11H15N3O4/c12-8-9-1-2-10(11(7-9)14(17)18)13(3-5-15)4-6-16/h1-2,7-8,12,15-16H,3-6H2. The molecule has 1 rings (SSSR count). The molecule has 0 atom stereocenters. The van der Waals surface area contributed by atoms with E-state index in [1.807, 2.05) is 0 Å². The molecule has 0 saturated carbocycles. The van der Waals surface area contributed by atoms with Crippen LogP contribution in [0.1, 0.15) is 5.56 Å². The van der Waals surface area contributed by atoms with Gasteiger partial charge in [-0.3, -0.25) is 10.1 Å². The summed E-state index contributed by atoms with van der Waals surface area (Å²) in [6.45, 7) is 0.0730. The molecular weight excluding hydrogens is 238 g/mol. The number of rotatable bonds is 7. The summed E-state index contributed by atoms with van der Waals surface area (Å²) in [5.41, 5.74) is 0.616. The number of nitrogens with zero attached hydrogens (tertiary/aromatic N) is 2. The molecule has 0 aliphatic heterocycles. The second kappa shape index (κ2) is 6.67.